The maximum absolute atomic E-state index is 15.2. The highest BCUT2D eigenvalue weighted by molar-refractivity contribution is 7.89. The molecule has 2 atom stereocenters. The molecular weight excluding hydrogens is 597 g/mol. The molecule has 0 saturated heterocycles. The predicted octanol–water partition coefficient (Wildman–Crippen LogP) is 5.30. The minimum atomic E-state index is -4.00. The highest BCUT2D eigenvalue weighted by Gasteiger charge is 2.34. The van der Waals surface area contributed by atoms with Crippen LogP contribution in [0.15, 0.2) is 83.8 Å². The fraction of sp³-hybridized carbons (Fsp3) is 0.206. The van der Waals surface area contributed by atoms with Gasteiger partial charge in [0.2, 0.25) is 10.0 Å². The minimum Gasteiger partial charge on any atom is -0.492 e. The molecule has 1 aliphatic heterocycles. The van der Waals surface area contributed by atoms with Crippen LogP contribution in [0.2, 0.25) is 0 Å². The zero-order valence-corrected chi connectivity index (χ0v) is 25.0. The van der Waals surface area contributed by atoms with E-state index in [1.165, 1.54) is 28.6 Å². The number of hydrogen-bond acceptors (Lipinski definition) is 6. The number of aliphatic carboxylic acids is 1. The topological polar surface area (TPSA) is 137 Å². The Labute approximate surface area is 259 Å². The molecule has 4 aromatic rings. The van der Waals surface area contributed by atoms with Crippen molar-refractivity contribution in [3.05, 3.63) is 118 Å². The maximum atomic E-state index is 15.2. The number of carboxylic acid groups (broad SMARTS) is 1. The largest absolute Gasteiger partial charge is 0.492 e. The molecule has 1 amide bonds. The third-order valence-corrected chi connectivity index (χ3v) is 10.0. The maximum Gasteiger partial charge on any atom is 0.330 e. The standard InChI is InChI=1S/C34H28FN3O6S/c1-2-44-29-13-12-24(17-22(29)18-36)45(42,43)38-15-14-20-10-11-21(16-23(20)19-38)32(34(40)41)37-33(39)28-9-5-8-27-30(28)25-6-3-4-7-26(25)31(27)35/h3-13,16-17,31-32H,2,14-15,19H2,1H3,(H,37,39)(H,40,41). The number of nitriles is 1. The van der Waals surface area contributed by atoms with Gasteiger partial charge >= 0.3 is 5.97 Å². The molecule has 4 aromatic carbocycles. The number of rotatable bonds is 8. The summed E-state index contributed by atoms with van der Waals surface area (Å²) in [5.41, 5.74) is 3.80. The van der Waals surface area contributed by atoms with Gasteiger partial charge in [0.15, 0.2) is 12.2 Å². The van der Waals surface area contributed by atoms with E-state index in [9.17, 15) is 28.4 Å². The summed E-state index contributed by atoms with van der Waals surface area (Å²) in [6.07, 6.45) is -1.01. The fourth-order valence-electron chi connectivity index (χ4n) is 6.00. The lowest BCUT2D eigenvalue weighted by atomic mass is 9.95. The summed E-state index contributed by atoms with van der Waals surface area (Å²) in [7, 11) is -4.00. The Balaban J connectivity index is 1.27. The van der Waals surface area contributed by atoms with Gasteiger partial charge in [0.25, 0.3) is 5.91 Å². The average Bonchev–Trinajstić information content (AvgIpc) is 3.34. The molecule has 1 aliphatic carbocycles. The summed E-state index contributed by atoms with van der Waals surface area (Å²) >= 11 is 0. The SMILES string of the molecule is CCOc1ccc(S(=O)(=O)N2CCc3ccc(C(NC(=O)c4cccc5c4-c4ccccc4C5F)C(=O)O)cc3C2)cc1C#N. The number of amides is 1. The van der Waals surface area contributed by atoms with E-state index >= 15 is 4.39 Å². The Bertz CT molecular complexity index is 2010. The van der Waals surface area contributed by atoms with Gasteiger partial charge in [0, 0.05) is 24.2 Å². The number of ether oxygens (including phenoxy) is 1. The van der Waals surface area contributed by atoms with Crippen molar-refractivity contribution < 1.29 is 32.2 Å². The third-order valence-electron chi connectivity index (χ3n) is 8.19. The summed E-state index contributed by atoms with van der Waals surface area (Å²) < 4.78 is 49.0. The van der Waals surface area contributed by atoms with Crippen molar-refractivity contribution in [3.8, 4) is 22.9 Å². The van der Waals surface area contributed by atoms with E-state index in [1.54, 1.807) is 61.5 Å². The molecule has 6 rings (SSSR count). The van der Waals surface area contributed by atoms with Crippen LogP contribution < -0.4 is 10.1 Å². The number of benzene rings is 4. The smallest absolute Gasteiger partial charge is 0.330 e. The third kappa shape index (κ3) is 5.32. The Kier molecular flexibility index (Phi) is 7.87. The summed E-state index contributed by atoms with van der Waals surface area (Å²) in [4.78, 5) is 25.9. The lowest BCUT2D eigenvalue weighted by molar-refractivity contribution is -0.139. The number of carboxylic acids is 1. The quantitative estimate of drug-likeness (QED) is 0.271. The molecular formula is C34H28FN3O6S. The van der Waals surface area contributed by atoms with Gasteiger partial charge in [-0.15, -0.1) is 0 Å². The van der Waals surface area contributed by atoms with Gasteiger partial charge in [0.05, 0.1) is 17.1 Å². The van der Waals surface area contributed by atoms with E-state index in [-0.39, 0.29) is 34.7 Å². The monoisotopic (exact) mass is 625 g/mol. The van der Waals surface area contributed by atoms with E-state index in [0.29, 0.717) is 46.6 Å². The van der Waals surface area contributed by atoms with Crippen LogP contribution in [-0.2, 0) is 27.8 Å². The second-order valence-electron chi connectivity index (χ2n) is 10.8. The van der Waals surface area contributed by atoms with Crippen LogP contribution in [0.25, 0.3) is 11.1 Å². The summed E-state index contributed by atoms with van der Waals surface area (Å²) in [6, 6.07) is 21.2. The van der Waals surface area contributed by atoms with Gasteiger partial charge < -0.3 is 15.2 Å². The second kappa shape index (κ2) is 11.8. The lowest BCUT2D eigenvalue weighted by Gasteiger charge is -2.29. The summed E-state index contributed by atoms with van der Waals surface area (Å²) in [6.45, 7) is 2.25. The van der Waals surface area contributed by atoms with E-state index in [4.69, 9.17) is 4.74 Å². The first-order valence-electron chi connectivity index (χ1n) is 14.3. The van der Waals surface area contributed by atoms with Crippen LogP contribution in [0.5, 0.6) is 5.75 Å². The number of nitrogens with one attached hydrogen (secondary N) is 1. The molecule has 0 spiro atoms. The number of hydrogen-bond donors (Lipinski definition) is 2. The van der Waals surface area contributed by atoms with Crippen LogP contribution >= 0.6 is 0 Å². The molecule has 9 nitrogen and oxygen atoms in total. The van der Waals surface area contributed by atoms with Crippen LogP contribution in [0.4, 0.5) is 4.39 Å². The molecule has 0 radical (unpaired) electrons. The molecule has 0 bridgehead atoms. The number of alkyl halides is 1. The zero-order chi connectivity index (χ0) is 31.9. The Morgan fingerprint density at radius 3 is 2.60 bits per heavy atom. The second-order valence-corrected chi connectivity index (χ2v) is 12.7. The van der Waals surface area contributed by atoms with Crippen molar-refractivity contribution in [2.75, 3.05) is 13.2 Å². The number of fused-ring (bicyclic) bond motifs is 4. The van der Waals surface area contributed by atoms with E-state index in [2.05, 4.69) is 5.32 Å². The number of halogens is 1. The van der Waals surface area contributed by atoms with Gasteiger partial charge in [-0.2, -0.15) is 9.57 Å². The molecule has 1 heterocycles. The average molecular weight is 626 g/mol. The van der Waals surface area contributed by atoms with Crippen molar-refractivity contribution in [3.63, 3.8) is 0 Å². The normalized spacial score (nSPS) is 16.1. The summed E-state index contributed by atoms with van der Waals surface area (Å²) in [5, 5.41) is 22.2. The van der Waals surface area contributed by atoms with Gasteiger partial charge in [-0.25, -0.2) is 17.6 Å². The first-order chi connectivity index (χ1) is 21.6. The Morgan fingerprint density at radius 1 is 1.07 bits per heavy atom. The van der Waals surface area contributed by atoms with Gasteiger partial charge in [-0.05, 0) is 71.0 Å². The molecule has 228 valence electrons. The number of nitrogens with zero attached hydrogens (tertiary/aromatic N) is 2. The summed E-state index contributed by atoms with van der Waals surface area (Å²) in [5.74, 6) is -1.68. The highest BCUT2D eigenvalue weighted by Crippen LogP contribution is 2.47. The molecule has 2 unspecified atom stereocenters. The first kappa shape index (κ1) is 30.0. The van der Waals surface area contributed by atoms with Gasteiger partial charge in [-0.1, -0.05) is 54.6 Å². The van der Waals surface area contributed by atoms with Gasteiger partial charge in [-0.3, -0.25) is 4.79 Å². The van der Waals surface area contributed by atoms with E-state index < -0.39 is 34.1 Å². The van der Waals surface area contributed by atoms with Crippen LogP contribution in [0, 0.1) is 11.3 Å². The van der Waals surface area contributed by atoms with Crippen molar-refractivity contribution in [1.82, 2.24) is 9.62 Å². The highest BCUT2D eigenvalue weighted by atomic mass is 32.2. The molecule has 2 N–H and O–H groups in total. The van der Waals surface area contributed by atoms with E-state index in [0.717, 1.165) is 5.56 Å². The fourth-order valence-corrected chi connectivity index (χ4v) is 7.45. The van der Waals surface area contributed by atoms with Gasteiger partial charge in [0.1, 0.15) is 11.8 Å². The predicted molar refractivity (Wildman–Crippen MR) is 163 cm³/mol. The molecule has 0 fully saturated rings. The van der Waals surface area contributed by atoms with Crippen molar-refractivity contribution >= 4 is 21.9 Å². The Hall–Kier alpha value is -5.05. The van der Waals surface area contributed by atoms with Crippen molar-refractivity contribution in [2.24, 2.45) is 0 Å². The number of carbonyl (C=O) groups excluding carboxylic acids is 1. The molecule has 2 aliphatic rings. The molecule has 45 heavy (non-hydrogen) atoms. The molecule has 0 saturated carbocycles. The Morgan fingerprint density at radius 2 is 1.84 bits per heavy atom. The molecule has 0 aromatic heterocycles. The minimum absolute atomic E-state index is 0.0260. The van der Waals surface area contributed by atoms with Crippen molar-refractivity contribution in [1.29, 1.82) is 5.26 Å². The van der Waals surface area contributed by atoms with Crippen LogP contribution in [-0.4, -0.2) is 42.9 Å². The van der Waals surface area contributed by atoms with Crippen molar-refractivity contribution in [2.45, 2.75) is 37.0 Å². The number of carbonyl (C=O) groups is 2. The van der Waals surface area contributed by atoms with Crippen LogP contribution in [0.1, 0.15) is 62.9 Å². The van der Waals surface area contributed by atoms with Crippen LogP contribution in [0.3, 0.4) is 0 Å². The lowest BCUT2D eigenvalue weighted by Crippen LogP contribution is -2.37. The van der Waals surface area contributed by atoms with E-state index in [1.807, 2.05) is 6.07 Å². The number of sulfonamides is 1. The zero-order valence-electron chi connectivity index (χ0n) is 24.2. The first-order valence-corrected chi connectivity index (χ1v) is 15.8. The molecule has 11 heteroatoms.